The zero-order chi connectivity index (χ0) is 24.0. The minimum absolute atomic E-state index is 0.271. The summed E-state index contributed by atoms with van der Waals surface area (Å²) in [6.07, 6.45) is 0. The van der Waals surface area contributed by atoms with E-state index in [2.05, 4.69) is 9.80 Å². The van der Waals surface area contributed by atoms with E-state index in [9.17, 15) is 8.42 Å². The van der Waals surface area contributed by atoms with Gasteiger partial charge < -0.3 is 14.5 Å². The molecular weight excluding hydrogens is 482 g/mol. The summed E-state index contributed by atoms with van der Waals surface area (Å²) in [6.45, 7) is 3.20. The van der Waals surface area contributed by atoms with Gasteiger partial charge in [0.2, 0.25) is 10.0 Å². The molecule has 1 fully saturated rings. The van der Waals surface area contributed by atoms with Crippen molar-refractivity contribution in [1.82, 2.24) is 14.3 Å². The molecule has 0 aliphatic carbocycles. The molecule has 0 bridgehead atoms. The van der Waals surface area contributed by atoms with E-state index >= 15 is 0 Å². The molecule has 0 radical (unpaired) electrons. The van der Waals surface area contributed by atoms with Crippen molar-refractivity contribution in [3.8, 4) is 16.5 Å². The lowest BCUT2D eigenvalue weighted by Gasteiger charge is -2.35. The first-order chi connectivity index (χ1) is 17.0. The van der Waals surface area contributed by atoms with Gasteiger partial charge in [-0.15, -0.1) is 11.3 Å². The summed E-state index contributed by atoms with van der Waals surface area (Å²) >= 11 is 1.61. The van der Waals surface area contributed by atoms with Crippen LogP contribution < -0.4 is 14.5 Å². The molecule has 0 saturated carbocycles. The largest absolute Gasteiger partial charge is 0.490 e. The number of thiophene rings is 1. The molecule has 0 spiro atoms. The Morgan fingerprint density at radius 1 is 0.943 bits per heavy atom. The van der Waals surface area contributed by atoms with E-state index < -0.39 is 10.0 Å². The van der Waals surface area contributed by atoms with E-state index in [1.807, 2.05) is 54.9 Å². The third-order valence-corrected chi connectivity index (χ3v) is 9.29. The van der Waals surface area contributed by atoms with Crippen LogP contribution in [-0.4, -0.2) is 69.1 Å². The molecule has 6 rings (SSSR count). The van der Waals surface area contributed by atoms with Gasteiger partial charge >= 0.3 is 0 Å². The van der Waals surface area contributed by atoms with Crippen molar-refractivity contribution >= 4 is 43.8 Å². The fraction of sp³-hybridized carbons (Fsp3) is 0.280. The average Bonchev–Trinajstić information content (AvgIpc) is 3.43. The number of fused-ring (bicyclic) bond motifs is 2. The Morgan fingerprint density at radius 2 is 1.77 bits per heavy atom. The second-order valence-electron chi connectivity index (χ2n) is 8.66. The Hall–Kier alpha value is -3.21. The van der Waals surface area contributed by atoms with Crippen LogP contribution in [0.5, 0.6) is 5.75 Å². The van der Waals surface area contributed by atoms with Crippen LogP contribution in [0, 0.1) is 0 Å². The second kappa shape index (κ2) is 8.78. The van der Waals surface area contributed by atoms with Gasteiger partial charge in [0.05, 0.1) is 27.5 Å². The third kappa shape index (κ3) is 4.01. The Morgan fingerprint density at radius 3 is 2.57 bits per heavy atom. The van der Waals surface area contributed by atoms with Crippen molar-refractivity contribution in [2.75, 3.05) is 56.2 Å². The van der Waals surface area contributed by atoms with Gasteiger partial charge in [-0.25, -0.2) is 18.4 Å². The number of hydrogen-bond acceptors (Lipinski definition) is 8. The molecule has 2 aliphatic heterocycles. The third-order valence-electron chi connectivity index (χ3n) is 6.53. The molecule has 0 unspecified atom stereocenters. The summed E-state index contributed by atoms with van der Waals surface area (Å²) in [7, 11) is -1.65. The Balaban J connectivity index is 1.26. The number of ether oxygens (including phenoxy) is 1. The zero-order valence-corrected chi connectivity index (χ0v) is 20.9. The number of rotatable bonds is 4. The van der Waals surface area contributed by atoms with Crippen molar-refractivity contribution in [2.45, 2.75) is 4.90 Å². The Bertz CT molecular complexity index is 1480. The van der Waals surface area contributed by atoms with Gasteiger partial charge in [0.25, 0.3) is 0 Å². The molecule has 0 atom stereocenters. The smallest absolute Gasteiger partial charge is 0.243 e. The maximum atomic E-state index is 13.4. The lowest BCUT2D eigenvalue weighted by Crippen LogP contribution is -2.49. The lowest BCUT2D eigenvalue weighted by atomic mass is 10.2. The predicted octanol–water partition coefficient (Wildman–Crippen LogP) is 3.70. The highest BCUT2D eigenvalue weighted by Crippen LogP contribution is 2.34. The van der Waals surface area contributed by atoms with E-state index in [1.54, 1.807) is 27.8 Å². The normalized spacial score (nSPS) is 16.8. The highest BCUT2D eigenvalue weighted by molar-refractivity contribution is 7.89. The zero-order valence-electron chi connectivity index (χ0n) is 19.3. The fourth-order valence-electron chi connectivity index (χ4n) is 4.61. The summed E-state index contributed by atoms with van der Waals surface area (Å²) < 4.78 is 34.2. The topological polar surface area (TPSA) is 78.9 Å². The molecule has 8 nitrogen and oxygen atoms in total. The van der Waals surface area contributed by atoms with E-state index in [1.165, 1.54) is 0 Å². The first kappa shape index (κ1) is 22.3. The van der Waals surface area contributed by atoms with Crippen LogP contribution in [0.4, 0.5) is 11.5 Å². The number of sulfonamides is 1. The summed E-state index contributed by atoms with van der Waals surface area (Å²) in [4.78, 5) is 15.2. The van der Waals surface area contributed by atoms with Crippen molar-refractivity contribution in [3.05, 3.63) is 60.0 Å². The van der Waals surface area contributed by atoms with Gasteiger partial charge in [-0.05, 0) is 35.7 Å². The first-order valence-corrected chi connectivity index (χ1v) is 13.9. The number of hydrogen-bond donors (Lipinski definition) is 0. The number of para-hydroxylation sites is 1. The van der Waals surface area contributed by atoms with E-state index in [-0.39, 0.29) is 4.90 Å². The number of anilines is 2. The number of piperazine rings is 1. The highest BCUT2D eigenvalue weighted by Gasteiger charge is 2.31. The number of aromatic nitrogens is 2. The Kier molecular flexibility index (Phi) is 5.58. The van der Waals surface area contributed by atoms with Crippen LogP contribution in [0.1, 0.15) is 0 Å². The SMILES string of the molecule is CN1CCOc2cc(S(=O)(=O)N3CCN(c4nc(-c5cccs5)nc5ccccc45)CC3)ccc21. The van der Waals surface area contributed by atoms with Gasteiger partial charge in [-0.1, -0.05) is 18.2 Å². The van der Waals surface area contributed by atoms with Gasteiger partial charge in [0.15, 0.2) is 5.82 Å². The van der Waals surface area contributed by atoms with Gasteiger partial charge in [-0.3, -0.25) is 0 Å². The van der Waals surface area contributed by atoms with Crippen LogP contribution in [0.15, 0.2) is 64.9 Å². The second-order valence-corrected chi connectivity index (χ2v) is 11.5. The molecule has 0 amide bonds. The van der Waals surface area contributed by atoms with Crippen LogP contribution in [0.25, 0.3) is 21.6 Å². The lowest BCUT2D eigenvalue weighted by molar-refractivity contribution is 0.310. The van der Waals surface area contributed by atoms with E-state index in [4.69, 9.17) is 14.7 Å². The number of benzene rings is 2. The van der Waals surface area contributed by atoms with Gasteiger partial charge in [-0.2, -0.15) is 4.31 Å². The summed E-state index contributed by atoms with van der Waals surface area (Å²) in [5.41, 5.74) is 1.80. The van der Waals surface area contributed by atoms with Crippen LogP contribution in [0.2, 0.25) is 0 Å². The summed E-state index contributed by atoms with van der Waals surface area (Å²) in [5, 5.41) is 2.99. The average molecular weight is 508 g/mol. The van der Waals surface area contributed by atoms with Crippen molar-refractivity contribution in [3.63, 3.8) is 0 Å². The molecule has 2 aromatic carbocycles. The number of likely N-dealkylation sites (N-methyl/N-ethyl adjacent to an activating group) is 1. The molecule has 180 valence electrons. The molecule has 35 heavy (non-hydrogen) atoms. The van der Waals surface area contributed by atoms with Crippen molar-refractivity contribution < 1.29 is 13.2 Å². The predicted molar refractivity (Wildman–Crippen MR) is 139 cm³/mol. The van der Waals surface area contributed by atoms with E-state index in [0.717, 1.165) is 33.8 Å². The Labute approximate surface area is 208 Å². The molecule has 0 N–H and O–H groups in total. The highest BCUT2D eigenvalue weighted by atomic mass is 32.2. The van der Waals surface area contributed by atoms with Crippen LogP contribution in [0.3, 0.4) is 0 Å². The van der Waals surface area contributed by atoms with Crippen molar-refractivity contribution in [2.24, 2.45) is 0 Å². The molecular formula is C25H25N5O3S2. The van der Waals surface area contributed by atoms with Gasteiger partial charge in [0.1, 0.15) is 18.2 Å². The first-order valence-electron chi connectivity index (χ1n) is 11.5. The molecule has 10 heteroatoms. The fourth-order valence-corrected chi connectivity index (χ4v) is 6.70. The monoisotopic (exact) mass is 507 g/mol. The maximum absolute atomic E-state index is 13.4. The minimum atomic E-state index is -3.63. The number of nitrogens with zero attached hydrogens (tertiary/aromatic N) is 5. The van der Waals surface area contributed by atoms with Crippen LogP contribution >= 0.6 is 11.3 Å². The van der Waals surface area contributed by atoms with Gasteiger partial charge in [0, 0.05) is 44.7 Å². The summed E-state index contributed by atoms with van der Waals surface area (Å²) in [6, 6.07) is 17.1. The molecule has 4 heterocycles. The quantitative estimate of drug-likeness (QED) is 0.417. The molecule has 4 aromatic rings. The van der Waals surface area contributed by atoms with Crippen molar-refractivity contribution in [1.29, 1.82) is 0 Å². The molecule has 2 aromatic heterocycles. The van der Waals surface area contributed by atoms with E-state index in [0.29, 0.717) is 44.4 Å². The molecule has 1 saturated heterocycles. The van der Waals surface area contributed by atoms with Crippen LogP contribution in [-0.2, 0) is 10.0 Å². The minimum Gasteiger partial charge on any atom is -0.490 e. The molecule has 2 aliphatic rings. The summed E-state index contributed by atoms with van der Waals surface area (Å²) in [5.74, 6) is 2.16. The standard InChI is InChI=1S/C25H25N5O3S2/c1-28-14-15-33-22-17-18(8-9-21(22)28)35(31,32)30-12-10-29(11-13-30)25-19-5-2-3-6-20(19)26-24(27-25)23-7-4-16-34-23/h2-9,16-17H,10-15H2,1H3. The maximum Gasteiger partial charge on any atom is 0.243 e.